The summed E-state index contributed by atoms with van der Waals surface area (Å²) < 4.78 is 5.69. The van der Waals surface area contributed by atoms with Crippen molar-refractivity contribution < 1.29 is 4.74 Å². The first-order valence-corrected chi connectivity index (χ1v) is 7.19. The van der Waals surface area contributed by atoms with Crippen LogP contribution in [0.5, 0.6) is 0 Å². The Morgan fingerprint density at radius 3 is 2.28 bits per heavy atom. The first kappa shape index (κ1) is 15.7. The summed E-state index contributed by atoms with van der Waals surface area (Å²) in [6.45, 7) is 19.7. The van der Waals surface area contributed by atoms with Crippen molar-refractivity contribution in [3.05, 3.63) is 11.6 Å². The quantitative estimate of drug-likeness (QED) is 0.711. The van der Waals surface area contributed by atoms with Gasteiger partial charge in [-0.05, 0) is 33.1 Å². The van der Waals surface area contributed by atoms with Crippen molar-refractivity contribution >= 4 is 0 Å². The van der Waals surface area contributed by atoms with Crippen LogP contribution in [0.1, 0.15) is 48.5 Å². The molecule has 0 bridgehead atoms. The number of rotatable bonds is 3. The van der Waals surface area contributed by atoms with Crippen molar-refractivity contribution in [1.82, 2.24) is 4.90 Å². The van der Waals surface area contributed by atoms with Gasteiger partial charge >= 0.3 is 0 Å². The molecule has 0 aromatic heterocycles. The highest BCUT2D eigenvalue weighted by Crippen LogP contribution is 2.36. The van der Waals surface area contributed by atoms with E-state index in [1.807, 2.05) is 0 Å². The van der Waals surface area contributed by atoms with Crippen molar-refractivity contribution in [1.29, 1.82) is 0 Å². The van der Waals surface area contributed by atoms with E-state index in [4.69, 9.17) is 4.74 Å². The smallest absolute Gasteiger partial charge is 0.0543 e. The molecule has 1 aliphatic heterocycles. The number of hydrogen-bond acceptors (Lipinski definition) is 2. The molecule has 1 heterocycles. The molecule has 0 spiro atoms. The summed E-state index contributed by atoms with van der Waals surface area (Å²) in [5.74, 6) is 0.540. The van der Waals surface area contributed by atoms with E-state index in [1.54, 1.807) is 5.57 Å². The lowest BCUT2D eigenvalue weighted by Crippen LogP contribution is -2.48. The SMILES string of the molecule is CCOCC1CN(C(C)(C)C)CC=C1C(C)(C)C. The lowest BCUT2D eigenvalue weighted by Gasteiger charge is -2.44. The Kier molecular flexibility index (Phi) is 5.02. The molecule has 18 heavy (non-hydrogen) atoms. The van der Waals surface area contributed by atoms with Crippen LogP contribution in [0.25, 0.3) is 0 Å². The molecule has 2 heteroatoms. The fourth-order valence-electron chi connectivity index (χ4n) is 2.68. The Morgan fingerprint density at radius 2 is 1.83 bits per heavy atom. The summed E-state index contributed by atoms with van der Waals surface area (Å²) in [7, 11) is 0. The molecule has 1 rings (SSSR count). The zero-order chi connectivity index (χ0) is 14.0. The summed E-state index contributed by atoms with van der Waals surface area (Å²) >= 11 is 0. The maximum Gasteiger partial charge on any atom is 0.0543 e. The van der Waals surface area contributed by atoms with Crippen LogP contribution in [0.4, 0.5) is 0 Å². The maximum atomic E-state index is 5.69. The van der Waals surface area contributed by atoms with Gasteiger partial charge in [-0.2, -0.15) is 0 Å². The minimum absolute atomic E-state index is 0.240. The third kappa shape index (κ3) is 4.10. The van der Waals surface area contributed by atoms with Crippen LogP contribution >= 0.6 is 0 Å². The highest BCUT2D eigenvalue weighted by atomic mass is 16.5. The first-order chi connectivity index (χ1) is 8.16. The molecule has 0 fully saturated rings. The van der Waals surface area contributed by atoms with Crippen LogP contribution in [0.15, 0.2) is 11.6 Å². The minimum atomic E-state index is 0.240. The Balaban J connectivity index is 2.86. The van der Waals surface area contributed by atoms with Crippen molar-refractivity contribution in [2.45, 2.75) is 54.0 Å². The van der Waals surface area contributed by atoms with E-state index in [-0.39, 0.29) is 11.0 Å². The van der Waals surface area contributed by atoms with Gasteiger partial charge in [0.2, 0.25) is 0 Å². The summed E-state index contributed by atoms with van der Waals surface area (Å²) in [6, 6.07) is 0. The molecule has 0 saturated heterocycles. The van der Waals surface area contributed by atoms with E-state index in [1.165, 1.54) is 0 Å². The lowest BCUT2D eigenvalue weighted by atomic mass is 9.76. The molecule has 0 N–H and O–H groups in total. The molecule has 0 aromatic rings. The monoisotopic (exact) mass is 253 g/mol. The Labute approximate surface area is 113 Å². The zero-order valence-corrected chi connectivity index (χ0v) is 13.3. The van der Waals surface area contributed by atoms with Gasteiger partial charge in [0.25, 0.3) is 0 Å². The maximum absolute atomic E-state index is 5.69. The molecule has 0 saturated carbocycles. The van der Waals surface area contributed by atoms with E-state index in [2.05, 4.69) is 59.4 Å². The summed E-state index contributed by atoms with van der Waals surface area (Å²) in [6.07, 6.45) is 2.43. The number of ether oxygens (including phenoxy) is 1. The fourth-order valence-corrected chi connectivity index (χ4v) is 2.68. The average molecular weight is 253 g/mol. The molecule has 1 atom stereocenters. The van der Waals surface area contributed by atoms with E-state index < -0.39 is 0 Å². The Bertz CT molecular complexity index is 293. The van der Waals surface area contributed by atoms with Crippen molar-refractivity contribution in [2.75, 3.05) is 26.3 Å². The van der Waals surface area contributed by atoms with Gasteiger partial charge in [-0.3, -0.25) is 4.90 Å². The second-order valence-corrected chi connectivity index (χ2v) is 7.34. The van der Waals surface area contributed by atoms with E-state index >= 15 is 0 Å². The molecular formula is C16H31NO. The molecule has 106 valence electrons. The predicted octanol–water partition coefficient (Wildman–Crippen LogP) is 3.73. The average Bonchev–Trinajstić information content (AvgIpc) is 2.23. The third-order valence-corrected chi connectivity index (χ3v) is 3.75. The standard InChI is InChI=1S/C16H31NO/c1-8-18-12-13-11-17(16(5,6)7)10-9-14(13)15(2,3)4/h9,13H,8,10-12H2,1-7H3. The second-order valence-electron chi connectivity index (χ2n) is 7.34. The van der Waals surface area contributed by atoms with Gasteiger partial charge in [0.1, 0.15) is 0 Å². The van der Waals surface area contributed by atoms with Crippen LogP contribution in [-0.2, 0) is 4.74 Å². The van der Waals surface area contributed by atoms with Crippen molar-refractivity contribution in [3.8, 4) is 0 Å². The van der Waals surface area contributed by atoms with Crippen LogP contribution in [0, 0.1) is 11.3 Å². The Morgan fingerprint density at radius 1 is 1.22 bits per heavy atom. The van der Waals surface area contributed by atoms with Crippen LogP contribution in [0.3, 0.4) is 0 Å². The number of hydrogen-bond donors (Lipinski definition) is 0. The highest BCUT2D eigenvalue weighted by molar-refractivity contribution is 5.19. The Hall–Kier alpha value is -0.340. The largest absolute Gasteiger partial charge is 0.381 e. The molecule has 0 aliphatic carbocycles. The molecule has 2 nitrogen and oxygen atoms in total. The van der Waals surface area contributed by atoms with Crippen molar-refractivity contribution in [2.24, 2.45) is 11.3 Å². The van der Waals surface area contributed by atoms with Crippen molar-refractivity contribution in [3.63, 3.8) is 0 Å². The zero-order valence-electron chi connectivity index (χ0n) is 13.3. The lowest BCUT2D eigenvalue weighted by molar-refractivity contribution is 0.0629. The first-order valence-electron chi connectivity index (χ1n) is 7.19. The van der Waals surface area contributed by atoms with Crippen LogP contribution < -0.4 is 0 Å². The molecule has 1 unspecified atom stereocenters. The van der Waals surface area contributed by atoms with Gasteiger partial charge < -0.3 is 4.74 Å². The second kappa shape index (κ2) is 5.75. The van der Waals surface area contributed by atoms with Gasteiger partial charge in [0.05, 0.1) is 6.61 Å². The molecule has 0 radical (unpaired) electrons. The van der Waals surface area contributed by atoms with Gasteiger partial charge in [-0.15, -0.1) is 0 Å². The summed E-state index contributed by atoms with van der Waals surface area (Å²) in [5.41, 5.74) is 2.06. The van der Waals surface area contributed by atoms with E-state index in [0.717, 1.165) is 26.3 Å². The third-order valence-electron chi connectivity index (χ3n) is 3.75. The predicted molar refractivity (Wildman–Crippen MR) is 78.8 cm³/mol. The molecule has 0 aromatic carbocycles. The van der Waals surface area contributed by atoms with E-state index in [0.29, 0.717) is 5.92 Å². The minimum Gasteiger partial charge on any atom is -0.381 e. The van der Waals surface area contributed by atoms with Gasteiger partial charge in [-0.25, -0.2) is 0 Å². The topological polar surface area (TPSA) is 12.5 Å². The van der Waals surface area contributed by atoms with Gasteiger partial charge in [0.15, 0.2) is 0 Å². The number of nitrogens with zero attached hydrogens (tertiary/aromatic N) is 1. The van der Waals surface area contributed by atoms with Gasteiger partial charge in [-0.1, -0.05) is 32.4 Å². The van der Waals surface area contributed by atoms with Gasteiger partial charge in [0, 0.05) is 31.2 Å². The molecular weight excluding hydrogens is 222 g/mol. The summed E-state index contributed by atoms with van der Waals surface area (Å²) in [4.78, 5) is 2.55. The fraction of sp³-hybridized carbons (Fsp3) is 0.875. The van der Waals surface area contributed by atoms with E-state index in [9.17, 15) is 0 Å². The normalized spacial score (nSPS) is 23.1. The summed E-state index contributed by atoms with van der Waals surface area (Å²) in [5, 5.41) is 0. The van der Waals surface area contributed by atoms with Crippen LogP contribution in [-0.4, -0.2) is 36.7 Å². The molecule has 1 aliphatic rings. The molecule has 0 amide bonds. The van der Waals surface area contributed by atoms with Crippen LogP contribution in [0.2, 0.25) is 0 Å². The highest BCUT2D eigenvalue weighted by Gasteiger charge is 2.33.